The standard InChI is InChI=1S/C14H15N3O3S/c18-13-15-4-5-17(13)14(19)16(8-11-3-6-20-10-11)9-12-2-1-7-21-12/h1-3,6-7,10H,4-5,8-9H2,(H,15,18). The highest BCUT2D eigenvalue weighted by Gasteiger charge is 2.30. The molecule has 0 radical (unpaired) electrons. The first kappa shape index (κ1) is 13.7. The lowest BCUT2D eigenvalue weighted by molar-refractivity contribution is 0.159. The summed E-state index contributed by atoms with van der Waals surface area (Å²) in [5, 5.41) is 4.62. The number of nitrogens with zero attached hydrogens (tertiary/aromatic N) is 2. The third-order valence-corrected chi connectivity index (χ3v) is 4.10. The molecular formula is C14H15N3O3S. The van der Waals surface area contributed by atoms with Gasteiger partial charge in [0.05, 0.1) is 25.6 Å². The highest BCUT2D eigenvalue weighted by molar-refractivity contribution is 7.09. The van der Waals surface area contributed by atoms with E-state index in [1.165, 1.54) is 4.90 Å². The molecule has 0 aromatic carbocycles. The van der Waals surface area contributed by atoms with Gasteiger partial charge in [-0.05, 0) is 17.5 Å². The molecule has 0 unspecified atom stereocenters. The average molecular weight is 305 g/mol. The Kier molecular flexibility index (Phi) is 3.92. The van der Waals surface area contributed by atoms with E-state index in [1.807, 2.05) is 23.6 Å². The van der Waals surface area contributed by atoms with Crippen molar-refractivity contribution in [2.24, 2.45) is 0 Å². The topological polar surface area (TPSA) is 65.8 Å². The van der Waals surface area contributed by atoms with E-state index in [9.17, 15) is 9.59 Å². The fourth-order valence-corrected chi connectivity index (χ4v) is 2.93. The van der Waals surface area contributed by atoms with Gasteiger partial charge in [0.15, 0.2) is 0 Å². The van der Waals surface area contributed by atoms with Gasteiger partial charge in [-0.3, -0.25) is 0 Å². The number of urea groups is 2. The van der Waals surface area contributed by atoms with Gasteiger partial charge in [0.25, 0.3) is 0 Å². The third kappa shape index (κ3) is 3.08. The summed E-state index contributed by atoms with van der Waals surface area (Å²) in [4.78, 5) is 28.2. The van der Waals surface area contributed by atoms with Crippen molar-refractivity contribution in [2.75, 3.05) is 13.1 Å². The van der Waals surface area contributed by atoms with Crippen molar-refractivity contribution in [3.63, 3.8) is 0 Å². The minimum absolute atomic E-state index is 0.278. The predicted molar refractivity (Wildman–Crippen MR) is 77.8 cm³/mol. The number of amides is 4. The molecule has 3 heterocycles. The van der Waals surface area contributed by atoms with Crippen LogP contribution in [0, 0.1) is 0 Å². The zero-order valence-electron chi connectivity index (χ0n) is 11.3. The number of thiophene rings is 1. The molecule has 0 atom stereocenters. The fourth-order valence-electron chi connectivity index (χ4n) is 2.21. The molecule has 1 fully saturated rings. The van der Waals surface area contributed by atoms with Crippen LogP contribution in [-0.2, 0) is 13.1 Å². The summed E-state index contributed by atoms with van der Waals surface area (Å²) in [6.07, 6.45) is 3.18. The van der Waals surface area contributed by atoms with E-state index in [2.05, 4.69) is 5.32 Å². The Bertz CT molecular complexity index is 573. The van der Waals surface area contributed by atoms with Gasteiger partial charge in [0.1, 0.15) is 0 Å². The molecule has 4 amide bonds. The number of nitrogens with one attached hydrogen (secondary N) is 1. The van der Waals surface area contributed by atoms with Crippen molar-refractivity contribution < 1.29 is 14.0 Å². The van der Waals surface area contributed by atoms with Crippen molar-refractivity contribution in [1.29, 1.82) is 0 Å². The largest absolute Gasteiger partial charge is 0.472 e. The quantitative estimate of drug-likeness (QED) is 0.943. The molecule has 1 aliphatic rings. The maximum Gasteiger partial charge on any atom is 0.328 e. The summed E-state index contributed by atoms with van der Waals surface area (Å²) in [5.41, 5.74) is 0.902. The zero-order chi connectivity index (χ0) is 14.7. The van der Waals surface area contributed by atoms with E-state index in [0.29, 0.717) is 26.2 Å². The number of furan rings is 1. The van der Waals surface area contributed by atoms with Crippen LogP contribution in [0.1, 0.15) is 10.4 Å². The normalized spacial score (nSPS) is 14.3. The van der Waals surface area contributed by atoms with E-state index >= 15 is 0 Å². The first-order valence-corrected chi connectivity index (χ1v) is 7.50. The van der Waals surface area contributed by atoms with E-state index in [-0.39, 0.29) is 12.1 Å². The highest BCUT2D eigenvalue weighted by atomic mass is 32.1. The van der Waals surface area contributed by atoms with Gasteiger partial charge in [-0.15, -0.1) is 11.3 Å². The van der Waals surface area contributed by atoms with Crippen LogP contribution in [0.5, 0.6) is 0 Å². The summed E-state index contributed by atoms with van der Waals surface area (Å²) in [7, 11) is 0. The van der Waals surface area contributed by atoms with Crippen LogP contribution in [0.4, 0.5) is 9.59 Å². The molecule has 1 N–H and O–H groups in total. The van der Waals surface area contributed by atoms with Crippen LogP contribution in [0.25, 0.3) is 0 Å². The number of rotatable bonds is 4. The molecule has 0 aliphatic carbocycles. The molecular weight excluding hydrogens is 290 g/mol. The molecule has 1 saturated heterocycles. The van der Waals surface area contributed by atoms with Crippen LogP contribution < -0.4 is 5.32 Å². The molecule has 7 heteroatoms. The van der Waals surface area contributed by atoms with Gasteiger partial charge in [0, 0.05) is 23.5 Å². The SMILES string of the molecule is O=C1NCCN1C(=O)N(Cc1ccoc1)Cc1cccs1. The molecule has 21 heavy (non-hydrogen) atoms. The van der Waals surface area contributed by atoms with Crippen LogP contribution in [0.15, 0.2) is 40.5 Å². The first-order valence-electron chi connectivity index (χ1n) is 6.62. The number of hydrogen-bond donors (Lipinski definition) is 1. The van der Waals surface area contributed by atoms with Crippen LogP contribution in [0.2, 0.25) is 0 Å². The lowest BCUT2D eigenvalue weighted by atomic mass is 10.3. The Morgan fingerprint density at radius 2 is 2.33 bits per heavy atom. The molecule has 1 aliphatic heterocycles. The summed E-state index contributed by atoms with van der Waals surface area (Å²) in [6.45, 7) is 1.80. The number of hydrogen-bond acceptors (Lipinski definition) is 4. The zero-order valence-corrected chi connectivity index (χ0v) is 12.1. The Balaban J connectivity index is 1.77. The molecule has 2 aromatic rings. The molecule has 0 spiro atoms. The van der Waals surface area contributed by atoms with E-state index in [0.717, 1.165) is 10.4 Å². The lowest BCUT2D eigenvalue weighted by Crippen LogP contribution is -2.43. The summed E-state index contributed by atoms with van der Waals surface area (Å²) in [5.74, 6) is 0. The van der Waals surface area contributed by atoms with E-state index in [1.54, 1.807) is 28.8 Å². The lowest BCUT2D eigenvalue weighted by Gasteiger charge is -2.25. The Labute approximate surface area is 125 Å². The summed E-state index contributed by atoms with van der Waals surface area (Å²) >= 11 is 1.59. The first-order chi connectivity index (χ1) is 10.2. The number of carbonyl (C=O) groups is 2. The molecule has 110 valence electrons. The minimum atomic E-state index is -0.330. The summed E-state index contributed by atoms with van der Waals surface area (Å²) in [6, 6.07) is 5.13. The molecule has 0 bridgehead atoms. The van der Waals surface area contributed by atoms with Crippen LogP contribution >= 0.6 is 11.3 Å². The van der Waals surface area contributed by atoms with Crippen molar-refractivity contribution in [2.45, 2.75) is 13.1 Å². The second-order valence-corrected chi connectivity index (χ2v) is 5.77. The molecule has 6 nitrogen and oxygen atoms in total. The number of carbonyl (C=O) groups excluding carboxylic acids is 2. The second kappa shape index (κ2) is 6.01. The van der Waals surface area contributed by atoms with Crippen LogP contribution in [-0.4, -0.2) is 35.0 Å². The van der Waals surface area contributed by atoms with Gasteiger partial charge in [-0.1, -0.05) is 6.07 Å². The third-order valence-electron chi connectivity index (χ3n) is 3.24. The Hall–Kier alpha value is -2.28. The van der Waals surface area contributed by atoms with Gasteiger partial charge < -0.3 is 14.6 Å². The van der Waals surface area contributed by atoms with Gasteiger partial charge >= 0.3 is 12.1 Å². The summed E-state index contributed by atoms with van der Waals surface area (Å²) < 4.78 is 5.05. The van der Waals surface area contributed by atoms with Crippen molar-refractivity contribution >= 4 is 23.4 Å². The second-order valence-electron chi connectivity index (χ2n) is 4.73. The monoisotopic (exact) mass is 305 g/mol. The average Bonchev–Trinajstić information content (AvgIpc) is 3.19. The van der Waals surface area contributed by atoms with E-state index < -0.39 is 0 Å². The molecule has 2 aromatic heterocycles. The Morgan fingerprint density at radius 3 is 2.95 bits per heavy atom. The van der Waals surface area contributed by atoms with Crippen LogP contribution in [0.3, 0.4) is 0 Å². The maximum atomic E-state index is 12.6. The van der Waals surface area contributed by atoms with Gasteiger partial charge in [0.2, 0.25) is 0 Å². The van der Waals surface area contributed by atoms with Crippen molar-refractivity contribution in [1.82, 2.24) is 15.1 Å². The fraction of sp³-hybridized carbons (Fsp3) is 0.286. The van der Waals surface area contributed by atoms with E-state index in [4.69, 9.17) is 4.42 Å². The molecule has 0 saturated carbocycles. The predicted octanol–water partition coefficient (Wildman–Crippen LogP) is 2.49. The van der Waals surface area contributed by atoms with Gasteiger partial charge in [-0.2, -0.15) is 0 Å². The number of imide groups is 1. The molecule has 3 rings (SSSR count). The highest BCUT2D eigenvalue weighted by Crippen LogP contribution is 2.17. The maximum absolute atomic E-state index is 12.6. The van der Waals surface area contributed by atoms with Crippen molar-refractivity contribution in [3.05, 3.63) is 46.5 Å². The Morgan fingerprint density at radius 1 is 1.43 bits per heavy atom. The van der Waals surface area contributed by atoms with Gasteiger partial charge in [-0.25, -0.2) is 14.5 Å². The van der Waals surface area contributed by atoms with Crippen molar-refractivity contribution in [3.8, 4) is 0 Å². The minimum Gasteiger partial charge on any atom is -0.472 e. The smallest absolute Gasteiger partial charge is 0.328 e.